The van der Waals surface area contributed by atoms with Crippen LogP contribution in [0.25, 0.3) is 16.5 Å². The number of hydrogen-bond donors (Lipinski definition) is 1. The van der Waals surface area contributed by atoms with E-state index < -0.39 is 0 Å². The smallest absolute Gasteiger partial charge is 0.263 e. The minimum atomic E-state index is -0.128. The molecule has 0 atom stereocenters. The molecule has 0 bridgehead atoms. The van der Waals surface area contributed by atoms with Crippen LogP contribution in [-0.4, -0.2) is 28.5 Å². The van der Waals surface area contributed by atoms with E-state index in [1.807, 2.05) is 31.2 Å². The Morgan fingerprint density at radius 2 is 2.03 bits per heavy atom. The number of hydrogen-bond acceptors (Lipinski definition) is 3. The van der Waals surface area contributed by atoms with Gasteiger partial charge in [-0.15, -0.1) is 0 Å². The highest BCUT2D eigenvalue weighted by Gasteiger charge is 2.24. The van der Waals surface area contributed by atoms with Gasteiger partial charge < -0.3 is 10.1 Å². The van der Waals surface area contributed by atoms with Gasteiger partial charge in [0.15, 0.2) is 0 Å². The van der Waals surface area contributed by atoms with E-state index >= 15 is 0 Å². The summed E-state index contributed by atoms with van der Waals surface area (Å²) < 4.78 is 7.35. The highest BCUT2D eigenvalue weighted by atomic mass is 79.9. The van der Waals surface area contributed by atoms with Crippen LogP contribution in [0.1, 0.15) is 35.2 Å². The van der Waals surface area contributed by atoms with Crippen LogP contribution in [-0.2, 0) is 0 Å². The number of nitrogens with one attached hydrogen (secondary N) is 1. The fraction of sp³-hybridized carbons (Fsp3) is 0.304. The average molecular weight is 455 g/mol. The second-order valence-electron chi connectivity index (χ2n) is 7.38. The van der Waals surface area contributed by atoms with Crippen LogP contribution in [0.5, 0.6) is 5.75 Å². The lowest BCUT2D eigenvalue weighted by Gasteiger charge is -2.13. The van der Waals surface area contributed by atoms with Crippen LogP contribution in [0.2, 0.25) is 0 Å². The van der Waals surface area contributed by atoms with Crippen LogP contribution in [0.3, 0.4) is 0 Å². The lowest BCUT2D eigenvalue weighted by Crippen LogP contribution is -2.26. The molecular formula is C23H23BrN2O3. The molecule has 6 heteroatoms. The van der Waals surface area contributed by atoms with E-state index in [1.54, 1.807) is 29.0 Å². The maximum absolute atomic E-state index is 13.2. The van der Waals surface area contributed by atoms with Gasteiger partial charge in [-0.3, -0.25) is 14.2 Å². The number of carbonyl (C=O) groups is 1. The number of ether oxygens (including phenoxy) is 1. The van der Waals surface area contributed by atoms with Gasteiger partial charge >= 0.3 is 0 Å². The molecule has 1 amide bonds. The molecule has 0 spiro atoms. The van der Waals surface area contributed by atoms with Crippen molar-refractivity contribution in [1.29, 1.82) is 0 Å². The molecular weight excluding hydrogens is 432 g/mol. The van der Waals surface area contributed by atoms with Crippen LogP contribution in [0.15, 0.2) is 53.5 Å². The second-order valence-corrected chi connectivity index (χ2v) is 8.17. The predicted octanol–water partition coefficient (Wildman–Crippen LogP) is 4.36. The third-order valence-corrected chi connectivity index (χ3v) is 5.63. The number of nitrogens with zero attached hydrogens (tertiary/aromatic N) is 1. The number of aromatic nitrogens is 1. The third-order valence-electron chi connectivity index (χ3n) is 5.07. The number of rotatable bonds is 7. The highest BCUT2D eigenvalue weighted by Crippen LogP contribution is 2.22. The van der Waals surface area contributed by atoms with E-state index in [4.69, 9.17) is 4.74 Å². The van der Waals surface area contributed by atoms with E-state index in [-0.39, 0.29) is 11.5 Å². The summed E-state index contributed by atoms with van der Waals surface area (Å²) in [5.74, 6) is 0.590. The Balaban J connectivity index is 1.72. The fourth-order valence-electron chi connectivity index (χ4n) is 3.25. The lowest BCUT2D eigenvalue weighted by molar-refractivity contribution is 0.0951. The van der Waals surface area contributed by atoms with E-state index in [9.17, 15) is 9.59 Å². The monoisotopic (exact) mass is 454 g/mol. The van der Waals surface area contributed by atoms with E-state index in [0.717, 1.165) is 35.5 Å². The summed E-state index contributed by atoms with van der Waals surface area (Å²) in [7, 11) is 0. The van der Waals surface area contributed by atoms with Gasteiger partial charge in [0.2, 0.25) is 0 Å². The van der Waals surface area contributed by atoms with E-state index in [2.05, 4.69) is 21.2 Å². The van der Waals surface area contributed by atoms with Crippen LogP contribution in [0.4, 0.5) is 0 Å². The summed E-state index contributed by atoms with van der Waals surface area (Å²) in [6.45, 7) is 2.53. The number of pyridine rings is 1. The van der Waals surface area contributed by atoms with Crippen molar-refractivity contribution in [1.82, 2.24) is 9.88 Å². The zero-order chi connectivity index (χ0) is 20.4. The van der Waals surface area contributed by atoms with Gasteiger partial charge in [0.1, 0.15) is 5.75 Å². The Bertz CT molecular complexity index is 1120. The van der Waals surface area contributed by atoms with Crippen LogP contribution < -0.4 is 15.6 Å². The first-order chi connectivity index (χ1) is 14.1. The number of benzene rings is 2. The average Bonchev–Trinajstić information content (AvgIpc) is 3.53. The maximum Gasteiger partial charge on any atom is 0.263 e. The van der Waals surface area contributed by atoms with Crippen molar-refractivity contribution in [3.63, 3.8) is 0 Å². The van der Waals surface area contributed by atoms with Gasteiger partial charge in [-0.1, -0.05) is 28.1 Å². The van der Waals surface area contributed by atoms with Gasteiger partial charge in [0, 0.05) is 23.1 Å². The molecule has 0 aliphatic heterocycles. The SMILES string of the molecule is Cc1ccc(C(=O)NC2CC2)cc1-n1ccc2ccc(OCCCBr)cc2c1=O. The largest absolute Gasteiger partial charge is 0.494 e. The Morgan fingerprint density at radius 1 is 1.21 bits per heavy atom. The standard InChI is InChI=1S/C23H23BrN2O3/c1-15-3-4-17(22(27)25-18-6-7-18)13-21(15)26-11-9-16-5-8-19(29-12-2-10-24)14-20(16)23(26)28/h3-5,8-9,11,13-14,18H,2,6-7,10,12H2,1H3,(H,25,27). The molecule has 5 nitrogen and oxygen atoms in total. The Hall–Kier alpha value is -2.60. The van der Waals surface area contributed by atoms with Crippen molar-refractivity contribution >= 4 is 32.6 Å². The zero-order valence-electron chi connectivity index (χ0n) is 16.3. The van der Waals surface area contributed by atoms with Crippen LogP contribution in [0, 0.1) is 6.92 Å². The van der Waals surface area contributed by atoms with Gasteiger partial charge in [-0.2, -0.15) is 0 Å². The third kappa shape index (κ3) is 4.37. The Morgan fingerprint density at radius 3 is 2.79 bits per heavy atom. The van der Waals surface area contributed by atoms with Crippen molar-refractivity contribution in [2.24, 2.45) is 0 Å². The Kier molecular flexibility index (Phi) is 5.72. The summed E-state index contributed by atoms with van der Waals surface area (Å²) in [6.07, 6.45) is 4.73. The lowest BCUT2D eigenvalue weighted by atomic mass is 10.1. The number of aryl methyl sites for hydroxylation is 1. The number of halogens is 1. The fourth-order valence-corrected chi connectivity index (χ4v) is 3.48. The summed E-state index contributed by atoms with van der Waals surface area (Å²) >= 11 is 3.39. The topological polar surface area (TPSA) is 60.3 Å². The number of fused-ring (bicyclic) bond motifs is 1. The van der Waals surface area contributed by atoms with Gasteiger partial charge in [-0.25, -0.2) is 0 Å². The molecule has 0 radical (unpaired) electrons. The minimum Gasteiger partial charge on any atom is -0.494 e. The predicted molar refractivity (Wildman–Crippen MR) is 119 cm³/mol. The summed E-state index contributed by atoms with van der Waals surface area (Å²) in [5, 5.41) is 5.32. The summed E-state index contributed by atoms with van der Waals surface area (Å²) in [4.78, 5) is 25.7. The Labute approximate surface area is 177 Å². The first-order valence-corrected chi connectivity index (χ1v) is 10.9. The highest BCUT2D eigenvalue weighted by molar-refractivity contribution is 9.09. The van der Waals surface area contributed by atoms with E-state index in [0.29, 0.717) is 35.0 Å². The van der Waals surface area contributed by atoms with Gasteiger partial charge in [-0.05, 0) is 67.5 Å². The normalized spacial score (nSPS) is 13.4. The van der Waals surface area contributed by atoms with Crippen molar-refractivity contribution in [3.05, 3.63) is 70.1 Å². The zero-order valence-corrected chi connectivity index (χ0v) is 17.9. The summed E-state index contributed by atoms with van der Waals surface area (Å²) in [5.41, 5.74) is 2.08. The molecule has 150 valence electrons. The number of alkyl halides is 1. The van der Waals surface area contributed by atoms with Crippen molar-refractivity contribution in [3.8, 4) is 11.4 Å². The maximum atomic E-state index is 13.2. The molecule has 3 aromatic rings. The molecule has 1 fully saturated rings. The van der Waals surface area contributed by atoms with Gasteiger partial charge in [0.05, 0.1) is 17.7 Å². The van der Waals surface area contributed by atoms with E-state index in [1.165, 1.54) is 0 Å². The minimum absolute atomic E-state index is 0.0925. The number of carbonyl (C=O) groups excluding carboxylic acids is 1. The quantitative estimate of drug-likeness (QED) is 0.426. The first kappa shape index (κ1) is 19.7. The molecule has 1 heterocycles. The first-order valence-electron chi connectivity index (χ1n) is 9.83. The van der Waals surface area contributed by atoms with Crippen molar-refractivity contribution in [2.45, 2.75) is 32.2 Å². The van der Waals surface area contributed by atoms with Crippen molar-refractivity contribution < 1.29 is 9.53 Å². The molecule has 0 saturated heterocycles. The van der Waals surface area contributed by atoms with Gasteiger partial charge in [0.25, 0.3) is 11.5 Å². The van der Waals surface area contributed by atoms with Crippen LogP contribution >= 0.6 is 15.9 Å². The molecule has 1 aliphatic carbocycles. The molecule has 1 aromatic heterocycles. The molecule has 1 aliphatic rings. The summed E-state index contributed by atoms with van der Waals surface area (Å²) in [6, 6.07) is 13.3. The molecule has 0 unspecified atom stereocenters. The number of amides is 1. The molecule has 1 saturated carbocycles. The molecule has 4 rings (SSSR count). The molecule has 2 aromatic carbocycles. The second kappa shape index (κ2) is 8.41. The molecule has 1 N–H and O–H groups in total. The van der Waals surface area contributed by atoms with Crippen molar-refractivity contribution in [2.75, 3.05) is 11.9 Å². The molecule has 29 heavy (non-hydrogen) atoms.